The van der Waals surface area contributed by atoms with E-state index in [0.717, 1.165) is 12.1 Å². The van der Waals surface area contributed by atoms with Crippen molar-refractivity contribution in [2.45, 2.75) is 25.8 Å². The normalized spacial score (nSPS) is 14.1. The van der Waals surface area contributed by atoms with Gasteiger partial charge in [-0.25, -0.2) is 17.6 Å². The van der Waals surface area contributed by atoms with Crippen LogP contribution in [0.15, 0.2) is 59.5 Å². The summed E-state index contributed by atoms with van der Waals surface area (Å²) in [4.78, 5) is 37.0. The molecule has 0 radical (unpaired) electrons. The van der Waals surface area contributed by atoms with Gasteiger partial charge >= 0.3 is 0 Å². The molecule has 1 unspecified atom stereocenters. The summed E-state index contributed by atoms with van der Waals surface area (Å²) in [6, 6.07) is 10.8. The minimum absolute atomic E-state index is 0.0549. The number of amides is 2. The highest BCUT2D eigenvalue weighted by molar-refractivity contribution is 5.96. The van der Waals surface area contributed by atoms with E-state index >= 15 is 0 Å². The highest BCUT2D eigenvalue weighted by Gasteiger charge is 2.36. The van der Waals surface area contributed by atoms with Crippen molar-refractivity contribution in [1.29, 1.82) is 0 Å². The summed E-state index contributed by atoms with van der Waals surface area (Å²) < 4.78 is 57.1. The van der Waals surface area contributed by atoms with E-state index in [-0.39, 0.29) is 53.2 Å². The molecule has 0 spiro atoms. The fraction of sp³-hybridized carbons (Fsp3) is 0.296. The van der Waals surface area contributed by atoms with E-state index in [1.807, 2.05) is 6.92 Å². The molecule has 0 saturated carbocycles. The minimum atomic E-state index is -1.25. The Hall–Kier alpha value is -4.19. The summed E-state index contributed by atoms with van der Waals surface area (Å²) in [6.07, 6.45) is 1.58. The first-order chi connectivity index (χ1) is 18.6. The van der Waals surface area contributed by atoms with Gasteiger partial charge in [0.15, 0.2) is 6.86 Å². The number of nitrogens with zero attached hydrogens (tertiary/aromatic N) is 2. The van der Waals surface area contributed by atoms with Crippen molar-refractivity contribution in [1.82, 2.24) is 9.88 Å². The Morgan fingerprint density at radius 1 is 1.10 bits per heavy atom. The van der Waals surface area contributed by atoms with Crippen molar-refractivity contribution in [2.75, 3.05) is 32.5 Å². The molecule has 0 aliphatic carbocycles. The van der Waals surface area contributed by atoms with E-state index in [1.54, 1.807) is 18.3 Å². The number of rotatable bonds is 5. The summed E-state index contributed by atoms with van der Waals surface area (Å²) in [7, 11) is 2.86. The number of aryl methyl sites for hydroxylation is 1. The first-order valence-corrected chi connectivity index (χ1v) is 11.8. The summed E-state index contributed by atoms with van der Waals surface area (Å²) in [5.41, 5.74) is 0.248. The van der Waals surface area contributed by atoms with Crippen LogP contribution in [0, 0.1) is 17.5 Å². The number of halogens is 4. The Morgan fingerprint density at radius 3 is 2.21 bits per heavy atom. The van der Waals surface area contributed by atoms with Crippen molar-refractivity contribution in [2.24, 2.45) is 0 Å². The Bertz CT molecular complexity index is 1310. The molecule has 2 heterocycles. The Balaban J connectivity index is 0.000000317. The lowest BCUT2D eigenvalue weighted by Gasteiger charge is -2.18. The van der Waals surface area contributed by atoms with Crippen molar-refractivity contribution in [3.63, 3.8) is 0 Å². The van der Waals surface area contributed by atoms with Crippen LogP contribution in [0.1, 0.15) is 35.2 Å². The SMILES string of the molecule is CCn1cccc(N2CC(c3c(F)cc(OC)cc3F)CC2=O)c1=O.CNC(=O)c1ccc(F)cc1.OCF. The van der Waals surface area contributed by atoms with E-state index in [1.165, 1.54) is 47.9 Å². The first kappa shape index (κ1) is 31.0. The number of aromatic nitrogens is 1. The number of anilines is 1. The van der Waals surface area contributed by atoms with E-state index in [9.17, 15) is 31.9 Å². The van der Waals surface area contributed by atoms with Gasteiger partial charge in [-0.05, 0) is 43.3 Å². The number of aliphatic hydroxyl groups is 1. The van der Waals surface area contributed by atoms with Gasteiger partial charge in [-0.3, -0.25) is 14.4 Å². The average Bonchev–Trinajstić information content (AvgIpc) is 3.29. The number of carbonyl (C=O) groups is 2. The highest BCUT2D eigenvalue weighted by Crippen LogP contribution is 2.35. The summed E-state index contributed by atoms with van der Waals surface area (Å²) >= 11 is 0. The van der Waals surface area contributed by atoms with Crippen molar-refractivity contribution in [3.05, 3.63) is 93.7 Å². The Morgan fingerprint density at radius 2 is 1.69 bits per heavy atom. The highest BCUT2D eigenvalue weighted by atomic mass is 19.1. The molecular weight excluding hydrogens is 522 g/mol. The molecule has 0 bridgehead atoms. The third-order valence-electron chi connectivity index (χ3n) is 5.79. The predicted octanol–water partition coefficient (Wildman–Crippen LogP) is 3.77. The number of carbonyl (C=O) groups excluding carboxylic acids is 2. The van der Waals surface area contributed by atoms with Crippen LogP contribution in [0.2, 0.25) is 0 Å². The van der Waals surface area contributed by atoms with E-state index in [4.69, 9.17) is 9.84 Å². The zero-order chi connectivity index (χ0) is 29.1. The van der Waals surface area contributed by atoms with Crippen LogP contribution in [0.4, 0.5) is 23.2 Å². The van der Waals surface area contributed by atoms with E-state index in [2.05, 4.69) is 5.32 Å². The maximum Gasteiger partial charge on any atom is 0.274 e. The number of ether oxygens (including phenoxy) is 1. The van der Waals surface area contributed by atoms with Gasteiger partial charge in [0.2, 0.25) is 5.91 Å². The molecule has 1 aliphatic rings. The van der Waals surface area contributed by atoms with Crippen molar-refractivity contribution >= 4 is 17.5 Å². The summed E-state index contributed by atoms with van der Waals surface area (Å²) in [5, 5.41) is 9.34. The molecule has 3 aromatic rings. The molecule has 1 fully saturated rings. The molecule has 12 heteroatoms. The lowest BCUT2D eigenvalue weighted by molar-refractivity contribution is -0.117. The molecule has 2 amide bonds. The number of aliphatic hydroxyl groups excluding tert-OH is 1. The number of nitrogens with one attached hydrogen (secondary N) is 1. The van der Waals surface area contributed by atoms with Gasteiger partial charge in [-0.1, -0.05) is 0 Å². The van der Waals surface area contributed by atoms with Gasteiger partial charge in [0.05, 0.1) is 7.11 Å². The summed E-state index contributed by atoms with van der Waals surface area (Å²) in [6.45, 7) is 1.10. The molecule has 1 atom stereocenters. The summed E-state index contributed by atoms with van der Waals surface area (Å²) in [5.74, 6) is -2.96. The molecule has 1 aromatic heterocycles. The number of pyridine rings is 1. The number of alkyl halides is 1. The largest absolute Gasteiger partial charge is 0.497 e. The molecule has 210 valence electrons. The Labute approximate surface area is 222 Å². The third-order valence-corrected chi connectivity index (χ3v) is 5.79. The fourth-order valence-corrected chi connectivity index (χ4v) is 3.93. The molecule has 39 heavy (non-hydrogen) atoms. The van der Waals surface area contributed by atoms with Crippen LogP contribution in [-0.2, 0) is 11.3 Å². The number of hydrogen-bond acceptors (Lipinski definition) is 5. The number of hydrogen-bond donors (Lipinski definition) is 2. The van der Waals surface area contributed by atoms with Crippen LogP contribution in [-0.4, -0.2) is 49.1 Å². The molecule has 4 rings (SSSR count). The Kier molecular flexibility index (Phi) is 11.7. The topological polar surface area (TPSA) is 101 Å². The second-order valence-corrected chi connectivity index (χ2v) is 8.10. The van der Waals surface area contributed by atoms with E-state index in [0.29, 0.717) is 12.1 Å². The average molecular weight is 552 g/mol. The zero-order valence-electron chi connectivity index (χ0n) is 21.6. The second kappa shape index (κ2) is 14.7. The lowest BCUT2D eigenvalue weighted by Crippen LogP contribution is -2.32. The molecule has 1 aliphatic heterocycles. The molecule has 8 nitrogen and oxygen atoms in total. The monoisotopic (exact) mass is 551 g/mol. The maximum absolute atomic E-state index is 14.3. The second-order valence-electron chi connectivity index (χ2n) is 8.10. The van der Waals surface area contributed by atoms with Crippen molar-refractivity contribution in [3.8, 4) is 5.75 Å². The molecule has 2 N–H and O–H groups in total. The van der Waals surface area contributed by atoms with Gasteiger partial charge in [-0.2, -0.15) is 0 Å². The smallest absolute Gasteiger partial charge is 0.274 e. The molecule has 1 saturated heterocycles. The van der Waals surface area contributed by atoms with Gasteiger partial charge in [0, 0.05) is 61.9 Å². The van der Waals surface area contributed by atoms with Crippen LogP contribution < -0.4 is 20.5 Å². The molecular formula is C27H29F4N3O5. The lowest BCUT2D eigenvalue weighted by atomic mass is 9.97. The third kappa shape index (κ3) is 7.90. The number of methoxy groups -OCH3 is 1. The van der Waals surface area contributed by atoms with Crippen LogP contribution in [0.3, 0.4) is 0 Å². The number of benzene rings is 2. The maximum atomic E-state index is 14.3. The predicted molar refractivity (Wildman–Crippen MR) is 137 cm³/mol. The van der Waals surface area contributed by atoms with Gasteiger partial charge < -0.3 is 24.6 Å². The van der Waals surface area contributed by atoms with Gasteiger partial charge in [0.25, 0.3) is 11.5 Å². The molecule has 2 aromatic carbocycles. The van der Waals surface area contributed by atoms with Crippen LogP contribution in [0.25, 0.3) is 0 Å². The van der Waals surface area contributed by atoms with Gasteiger partial charge in [0.1, 0.15) is 28.9 Å². The van der Waals surface area contributed by atoms with E-state index < -0.39 is 24.4 Å². The minimum Gasteiger partial charge on any atom is -0.497 e. The zero-order valence-corrected chi connectivity index (χ0v) is 21.6. The quantitative estimate of drug-likeness (QED) is 0.471. The first-order valence-electron chi connectivity index (χ1n) is 11.8. The van der Waals surface area contributed by atoms with Crippen LogP contribution in [0.5, 0.6) is 5.75 Å². The standard InChI is InChI=1S/C18H18F2N2O3.C8H8FNO.CH3FO/c1-3-21-6-4-5-15(18(21)24)22-10-11(7-16(22)23)17-13(19)8-12(25-2)9-14(17)20;1-10-8(11)6-2-4-7(9)5-3-6;2-1-3/h4-6,8-9,11H,3,7,10H2,1-2H3;2-5H,1H3,(H,10,11);3H,1H2. The van der Waals surface area contributed by atoms with Crippen molar-refractivity contribution < 1.29 is 37.0 Å². The van der Waals surface area contributed by atoms with Gasteiger partial charge in [-0.15, -0.1) is 0 Å². The van der Waals surface area contributed by atoms with Crippen LogP contribution >= 0.6 is 0 Å². The fourth-order valence-electron chi connectivity index (χ4n) is 3.93.